The molecule has 0 saturated heterocycles. The van der Waals surface area contributed by atoms with Crippen molar-refractivity contribution in [1.82, 2.24) is 9.55 Å². The maximum Gasteiger partial charge on any atom is 0.0956 e. The molecular weight excluding hydrogens is 232 g/mol. The number of aromatic nitrogens is 2. The first kappa shape index (κ1) is 11.3. The SMILES string of the molecule is C[C@@H]1CCCC[C@H]1[C@@H]1c2ccccc2-c2cncn21. The molecular formula is C17H20N2. The van der Waals surface area contributed by atoms with Crippen LogP contribution in [0.1, 0.15) is 44.2 Å². The summed E-state index contributed by atoms with van der Waals surface area (Å²) >= 11 is 0. The Morgan fingerprint density at radius 2 is 2.00 bits per heavy atom. The van der Waals surface area contributed by atoms with E-state index in [1.807, 2.05) is 12.5 Å². The number of hydrogen-bond donors (Lipinski definition) is 0. The van der Waals surface area contributed by atoms with Crippen molar-refractivity contribution in [2.75, 3.05) is 0 Å². The van der Waals surface area contributed by atoms with Gasteiger partial charge in [-0.25, -0.2) is 4.98 Å². The number of nitrogens with zero attached hydrogens (tertiary/aromatic N) is 2. The summed E-state index contributed by atoms with van der Waals surface area (Å²) in [4.78, 5) is 4.38. The van der Waals surface area contributed by atoms with E-state index in [-0.39, 0.29) is 0 Å². The molecule has 1 aromatic carbocycles. The van der Waals surface area contributed by atoms with Gasteiger partial charge in [0.2, 0.25) is 0 Å². The Morgan fingerprint density at radius 1 is 1.16 bits per heavy atom. The average molecular weight is 252 g/mol. The second-order valence-electron chi connectivity index (χ2n) is 6.14. The van der Waals surface area contributed by atoms with Crippen molar-refractivity contribution in [3.8, 4) is 11.3 Å². The summed E-state index contributed by atoms with van der Waals surface area (Å²) in [6.07, 6.45) is 9.58. The van der Waals surface area contributed by atoms with E-state index in [1.165, 1.54) is 42.5 Å². The van der Waals surface area contributed by atoms with Crippen LogP contribution in [-0.2, 0) is 0 Å². The molecule has 0 bridgehead atoms. The molecule has 19 heavy (non-hydrogen) atoms. The second kappa shape index (κ2) is 4.22. The highest BCUT2D eigenvalue weighted by Gasteiger charge is 2.37. The van der Waals surface area contributed by atoms with E-state index in [2.05, 4.69) is 40.7 Å². The Hall–Kier alpha value is -1.57. The molecule has 1 saturated carbocycles. The second-order valence-corrected chi connectivity index (χ2v) is 6.14. The lowest BCUT2D eigenvalue weighted by Gasteiger charge is -2.34. The lowest BCUT2D eigenvalue weighted by molar-refractivity contribution is 0.203. The molecule has 2 heteroatoms. The Morgan fingerprint density at radius 3 is 2.89 bits per heavy atom. The van der Waals surface area contributed by atoms with Crippen LogP contribution >= 0.6 is 0 Å². The van der Waals surface area contributed by atoms with Gasteiger partial charge in [0.1, 0.15) is 0 Å². The quantitative estimate of drug-likeness (QED) is 0.740. The molecule has 98 valence electrons. The van der Waals surface area contributed by atoms with Gasteiger partial charge in [0.05, 0.1) is 24.3 Å². The lowest BCUT2D eigenvalue weighted by atomic mass is 9.74. The summed E-state index contributed by atoms with van der Waals surface area (Å²) < 4.78 is 2.41. The minimum atomic E-state index is 0.518. The number of rotatable bonds is 1. The third kappa shape index (κ3) is 1.59. The zero-order valence-corrected chi connectivity index (χ0v) is 11.4. The van der Waals surface area contributed by atoms with Gasteiger partial charge in [-0.05, 0) is 23.8 Å². The van der Waals surface area contributed by atoms with Crippen molar-refractivity contribution in [1.29, 1.82) is 0 Å². The molecule has 2 aliphatic rings. The third-order valence-corrected chi connectivity index (χ3v) is 5.10. The largest absolute Gasteiger partial charge is 0.323 e. The molecule has 0 spiro atoms. The molecule has 2 aromatic rings. The standard InChI is InChI=1S/C17H20N2/c1-12-6-2-3-7-13(12)17-15-9-5-4-8-14(15)16-10-18-11-19(16)17/h4-5,8-13,17H,2-3,6-7H2,1H3/t12-,13-,17-/m1/s1. The van der Waals surface area contributed by atoms with Crippen molar-refractivity contribution in [3.05, 3.63) is 42.4 Å². The average Bonchev–Trinajstić information content (AvgIpc) is 3.00. The Kier molecular flexibility index (Phi) is 2.51. The van der Waals surface area contributed by atoms with Gasteiger partial charge >= 0.3 is 0 Å². The van der Waals surface area contributed by atoms with Crippen LogP contribution in [-0.4, -0.2) is 9.55 Å². The predicted octanol–water partition coefficient (Wildman–Crippen LogP) is 4.28. The van der Waals surface area contributed by atoms with Crippen LogP contribution in [0.15, 0.2) is 36.8 Å². The van der Waals surface area contributed by atoms with Gasteiger partial charge in [-0.15, -0.1) is 0 Å². The molecule has 2 heterocycles. The summed E-state index contributed by atoms with van der Waals surface area (Å²) in [5.74, 6) is 1.59. The van der Waals surface area contributed by atoms with Crippen molar-refractivity contribution in [2.45, 2.75) is 38.6 Å². The number of imidazole rings is 1. The minimum Gasteiger partial charge on any atom is -0.323 e. The van der Waals surface area contributed by atoms with E-state index in [4.69, 9.17) is 0 Å². The van der Waals surface area contributed by atoms with E-state index in [1.54, 1.807) is 0 Å². The van der Waals surface area contributed by atoms with Gasteiger partial charge < -0.3 is 4.57 Å². The van der Waals surface area contributed by atoms with Crippen LogP contribution in [0.4, 0.5) is 0 Å². The Balaban J connectivity index is 1.84. The van der Waals surface area contributed by atoms with E-state index in [9.17, 15) is 0 Å². The first-order valence-corrected chi connectivity index (χ1v) is 7.47. The van der Waals surface area contributed by atoms with Crippen LogP contribution in [0.2, 0.25) is 0 Å². The van der Waals surface area contributed by atoms with Crippen LogP contribution in [0.5, 0.6) is 0 Å². The molecule has 0 radical (unpaired) electrons. The molecule has 1 aromatic heterocycles. The number of benzene rings is 1. The van der Waals surface area contributed by atoms with Crippen LogP contribution < -0.4 is 0 Å². The van der Waals surface area contributed by atoms with Gasteiger partial charge in [-0.1, -0.05) is 50.5 Å². The zero-order chi connectivity index (χ0) is 12.8. The fourth-order valence-corrected chi connectivity index (χ4v) is 4.12. The molecule has 0 amide bonds. The predicted molar refractivity (Wildman–Crippen MR) is 76.9 cm³/mol. The number of fused-ring (bicyclic) bond motifs is 3. The van der Waals surface area contributed by atoms with Gasteiger partial charge in [0.15, 0.2) is 0 Å². The fourth-order valence-electron chi connectivity index (χ4n) is 4.12. The van der Waals surface area contributed by atoms with Crippen molar-refractivity contribution < 1.29 is 0 Å². The lowest BCUT2D eigenvalue weighted by Crippen LogP contribution is -2.26. The van der Waals surface area contributed by atoms with E-state index < -0.39 is 0 Å². The van der Waals surface area contributed by atoms with E-state index in [0.717, 1.165) is 11.8 Å². The zero-order valence-electron chi connectivity index (χ0n) is 11.4. The molecule has 2 nitrogen and oxygen atoms in total. The van der Waals surface area contributed by atoms with Crippen molar-refractivity contribution >= 4 is 0 Å². The van der Waals surface area contributed by atoms with Gasteiger partial charge in [-0.3, -0.25) is 0 Å². The summed E-state index contributed by atoms with van der Waals surface area (Å²) in [5, 5.41) is 0. The molecule has 4 rings (SSSR count). The third-order valence-electron chi connectivity index (χ3n) is 5.10. The highest BCUT2D eigenvalue weighted by Crippen LogP contribution is 2.48. The Labute approximate surface area is 114 Å². The number of hydrogen-bond acceptors (Lipinski definition) is 1. The molecule has 3 atom stereocenters. The van der Waals surface area contributed by atoms with Gasteiger partial charge in [-0.2, -0.15) is 0 Å². The van der Waals surface area contributed by atoms with Gasteiger partial charge in [0.25, 0.3) is 0 Å². The first-order valence-electron chi connectivity index (χ1n) is 7.47. The maximum atomic E-state index is 4.38. The monoisotopic (exact) mass is 252 g/mol. The Bertz CT molecular complexity index is 599. The maximum absolute atomic E-state index is 4.38. The normalized spacial score (nSPS) is 29.0. The van der Waals surface area contributed by atoms with Crippen LogP contribution in [0, 0.1) is 11.8 Å². The molecule has 1 aliphatic heterocycles. The summed E-state index contributed by atoms with van der Waals surface area (Å²) in [6, 6.07) is 9.40. The minimum absolute atomic E-state index is 0.518. The van der Waals surface area contributed by atoms with Crippen molar-refractivity contribution in [3.63, 3.8) is 0 Å². The molecule has 1 aliphatic carbocycles. The molecule has 0 N–H and O–H groups in total. The highest BCUT2D eigenvalue weighted by atomic mass is 15.1. The smallest absolute Gasteiger partial charge is 0.0956 e. The topological polar surface area (TPSA) is 17.8 Å². The van der Waals surface area contributed by atoms with E-state index >= 15 is 0 Å². The summed E-state index contributed by atoms with van der Waals surface area (Å²) in [6.45, 7) is 2.43. The highest BCUT2D eigenvalue weighted by molar-refractivity contribution is 5.69. The fraction of sp³-hybridized carbons (Fsp3) is 0.471. The van der Waals surface area contributed by atoms with E-state index in [0.29, 0.717) is 6.04 Å². The summed E-state index contributed by atoms with van der Waals surface area (Å²) in [5.41, 5.74) is 4.21. The summed E-state index contributed by atoms with van der Waals surface area (Å²) in [7, 11) is 0. The molecule has 0 unspecified atom stereocenters. The van der Waals surface area contributed by atoms with Gasteiger partial charge in [0, 0.05) is 5.56 Å². The van der Waals surface area contributed by atoms with Crippen LogP contribution in [0.25, 0.3) is 11.3 Å². The first-order chi connectivity index (χ1) is 9.36. The van der Waals surface area contributed by atoms with Crippen LogP contribution in [0.3, 0.4) is 0 Å². The molecule has 1 fully saturated rings. The van der Waals surface area contributed by atoms with Crippen molar-refractivity contribution in [2.24, 2.45) is 11.8 Å².